The second kappa shape index (κ2) is 15.4. The Morgan fingerprint density at radius 1 is 0.944 bits per heavy atom. The highest BCUT2D eigenvalue weighted by Gasteiger charge is 2.45. The lowest BCUT2D eigenvalue weighted by Crippen LogP contribution is -2.59. The molecule has 8 rings (SSSR count). The van der Waals surface area contributed by atoms with Crippen molar-refractivity contribution in [3.05, 3.63) is 124 Å². The molecule has 0 unspecified atom stereocenters. The van der Waals surface area contributed by atoms with E-state index < -0.39 is 29.0 Å². The molecule has 2 N–H and O–H groups in total. The Bertz CT molecular complexity index is 2190. The second-order valence-corrected chi connectivity index (χ2v) is 14.7. The Morgan fingerprint density at radius 3 is 2.35 bits per heavy atom. The summed E-state index contributed by atoms with van der Waals surface area (Å²) in [5.41, 5.74) is 4.65. The molecule has 1 spiro atoms. The van der Waals surface area contributed by atoms with Gasteiger partial charge in [0.15, 0.2) is 6.29 Å². The summed E-state index contributed by atoms with van der Waals surface area (Å²) in [6.45, 7) is 5.98. The van der Waals surface area contributed by atoms with E-state index in [9.17, 15) is 27.6 Å². The van der Waals surface area contributed by atoms with Crippen LogP contribution in [0.2, 0.25) is 0 Å². The predicted octanol–water partition coefficient (Wildman–Crippen LogP) is 8.15. The number of pyridine rings is 1. The van der Waals surface area contributed by atoms with Crippen LogP contribution in [-0.2, 0) is 11.2 Å². The monoisotopic (exact) mass is 753 g/mol. The molecule has 54 heavy (non-hydrogen) atoms. The number of fused-ring (bicyclic) bond motifs is 3. The summed E-state index contributed by atoms with van der Waals surface area (Å²) < 4.78 is 47.8. The van der Waals surface area contributed by atoms with Gasteiger partial charge >= 0.3 is 0 Å². The number of benzene rings is 3. The normalized spacial score (nSPS) is 15.5. The van der Waals surface area contributed by atoms with Crippen LogP contribution in [0.15, 0.2) is 78.9 Å². The van der Waals surface area contributed by atoms with Crippen LogP contribution in [0, 0.1) is 29.8 Å². The maximum atomic E-state index is 14.3. The SMILES string of the molecule is CNc1ccc(C(=O)N2CCc3cc(C(=O)Nc4c(F)cccc4F)sc3-c3ccc(F)cc32)cc1.Cc1ccc(C=O)c(N2CC3(CCOCC3)C2)n1. The van der Waals surface area contributed by atoms with E-state index in [0.717, 1.165) is 91.7 Å². The molecule has 278 valence electrons. The minimum Gasteiger partial charge on any atom is -0.388 e. The number of hydrogen-bond donors (Lipinski definition) is 2. The lowest BCUT2D eigenvalue weighted by molar-refractivity contribution is -0.000506. The first-order valence-electron chi connectivity index (χ1n) is 17.6. The Labute approximate surface area is 314 Å². The zero-order valence-electron chi connectivity index (χ0n) is 29.8. The number of nitrogens with zero attached hydrogens (tertiary/aromatic N) is 3. The van der Waals surface area contributed by atoms with Crippen LogP contribution < -0.4 is 20.4 Å². The number of aldehydes is 1. The zero-order valence-corrected chi connectivity index (χ0v) is 30.6. The van der Waals surface area contributed by atoms with E-state index >= 15 is 0 Å². The quantitative estimate of drug-likeness (QED) is 0.169. The van der Waals surface area contributed by atoms with Gasteiger partial charge in [0.05, 0.1) is 16.1 Å². The second-order valence-electron chi connectivity index (χ2n) is 13.7. The topological polar surface area (TPSA) is 104 Å². The number of aromatic nitrogens is 1. The number of para-hydroxylation sites is 1. The number of nitrogens with one attached hydrogen (secondary N) is 2. The van der Waals surface area contributed by atoms with E-state index in [-0.39, 0.29) is 17.3 Å². The third-order valence-electron chi connectivity index (χ3n) is 10.1. The van der Waals surface area contributed by atoms with Crippen molar-refractivity contribution in [3.8, 4) is 10.4 Å². The number of anilines is 4. The first-order chi connectivity index (χ1) is 26.1. The van der Waals surface area contributed by atoms with Gasteiger partial charge in [-0.2, -0.15) is 0 Å². The lowest BCUT2D eigenvalue weighted by Gasteiger charge is -2.53. The molecule has 3 aliphatic heterocycles. The third-order valence-corrected chi connectivity index (χ3v) is 11.3. The highest BCUT2D eigenvalue weighted by Crippen LogP contribution is 2.43. The number of halogens is 3. The number of aryl methyl sites for hydroxylation is 1. The summed E-state index contributed by atoms with van der Waals surface area (Å²) in [5.74, 6) is -2.32. The van der Waals surface area contributed by atoms with Crippen molar-refractivity contribution >= 4 is 52.3 Å². The van der Waals surface area contributed by atoms with Crippen LogP contribution >= 0.6 is 11.3 Å². The molecule has 0 bridgehead atoms. The molecule has 5 aromatic rings. The van der Waals surface area contributed by atoms with Gasteiger partial charge < -0.3 is 25.2 Å². The molecule has 9 nitrogen and oxygen atoms in total. The fourth-order valence-electron chi connectivity index (χ4n) is 7.10. The molecular formula is C41H38F3N5O4S. The summed E-state index contributed by atoms with van der Waals surface area (Å²) in [6, 6.07) is 19.9. The Hall–Kier alpha value is -5.53. The number of hydrogen-bond acceptors (Lipinski definition) is 8. The fourth-order valence-corrected chi connectivity index (χ4v) is 8.24. The molecular weight excluding hydrogens is 716 g/mol. The molecule has 0 atom stereocenters. The molecule has 2 aromatic heterocycles. The van der Waals surface area contributed by atoms with Crippen LogP contribution in [0.5, 0.6) is 0 Å². The van der Waals surface area contributed by atoms with Gasteiger partial charge in [0, 0.05) is 72.7 Å². The molecule has 2 amide bonds. The highest BCUT2D eigenvalue weighted by molar-refractivity contribution is 7.17. The van der Waals surface area contributed by atoms with Crippen LogP contribution in [-0.4, -0.2) is 63.0 Å². The van der Waals surface area contributed by atoms with Crippen molar-refractivity contribution < 1.29 is 32.3 Å². The molecule has 3 aromatic carbocycles. The van der Waals surface area contributed by atoms with Crippen LogP contribution in [0.1, 0.15) is 54.5 Å². The van der Waals surface area contributed by atoms with E-state index in [0.29, 0.717) is 39.1 Å². The van der Waals surface area contributed by atoms with Crippen molar-refractivity contribution in [2.75, 3.05) is 60.3 Å². The van der Waals surface area contributed by atoms with Gasteiger partial charge in [-0.3, -0.25) is 14.4 Å². The molecule has 2 saturated heterocycles. The van der Waals surface area contributed by atoms with Gasteiger partial charge in [0.25, 0.3) is 11.8 Å². The molecule has 2 fully saturated rings. The molecule has 13 heteroatoms. The summed E-state index contributed by atoms with van der Waals surface area (Å²) in [6.07, 6.45) is 3.57. The van der Waals surface area contributed by atoms with E-state index in [1.54, 1.807) is 43.4 Å². The Balaban J connectivity index is 0.000000208. The van der Waals surface area contributed by atoms with Crippen molar-refractivity contribution in [2.45, 2.75) is 26.2 Å². The number of thiophene rings is 1. The van der Waals surface area contributed by atoms with Crippen molar-refractivity contribution in [1.82, 2.24) is 4.98 Å². The van der Waals surface area contributed by atoms with Crippen LogP contribution in [0.25, 0.3) is 10.4 Å². The van der Waals surface area contributed by atoms with Gasteiger partial charge in [-0.25, -0.2) is 18.2 Å². The van der Waals surface area contributed by atoms with Gasteiger partial charge in [-0.05, 0) is 105 Å². The average Bonchev–Trinajstić information content (AvgIpc) is 3.54. The highest BCUT2D eigenvalue weighted by atomic mass is 32.1. The molecule has 0 radical (unpaired) electrons. The van der Waals surface area contributed by atoms with Crippen LogP contribution in [0.3, 0.4) is 0 Å². The molecule has 0 aliphatic carbocycles. The minimum absolute atomic E-state index is 0.250. The van der Waals surface area contributed by atoms with Crippen molar-refractivity contribution in [1.29, 1.82) is 0 Å². The fraction of sp³-hybridized carbons (Fsp3) is 0.268. The number of amides is 2. The average molecular weight is 754 g/mol. The summed E-state index contributed by atoms with van der Waals surface area (Å²) in [7, 11) is 1.78. The number of ether oxygens (including phenoxy) is 1. The first kappa shape index (κ1) is 36.8. The molecule has 0 saturated carbocycles. The lowest BCUT2D eigenvalue weighted by atomic mass is 9.73. The summed E-state index contributed by atoms with van der Waals surface area (Å²) in [5, 5.41) is 5.30. The third kappa shape index (κ3) is 7.46. The van der Waals surface area contributed by atoms with E-state index in [1.807, 2.05) is 19.1 Å². The minimum atomic E-state index is -0.876. The van der Waals surface area contributed by atoms with Gasteiger partial charge in [-0.15, -0.1) is 11.3 Å². The van der Waals surface area contributed by atoms with E-state index in [4.69, 9.17) is 4.74 Å². The predicted molar refractivity (Wildman–Crippen MR) is 204 cm³/mol. The van der Waals surface area contributed by atoms with Crippen molar-refractivity contribution in [3.63, 3.8) is 0 Å². The Morgan fingerprint density at radius 2 is 1.67 bits per heavy atom. The summed E-state index contributed by atoms with van der Waals surface area (Å²) >= 11 is 1.13. The van der Waals surface area contributed by atoms with Gasteiger partial charge in [0.2, 0.25) is 0 Å². The Kier molecular flexibility index (Phi) is 10.5. The molecule has 5 heterocycles. The maximum Gasteiger partial charge on any atom is 0.265 e. The zero-order chi connectivity index (χ0) is 38.0. The summed E-state index contributed by atoms with van der Waals surface area (Å²) in [4.78, 5) is 46.5. The van der Waals surface area contributed by atoms with E-state index in [2.05, 4.69) is 20.5 Å². The smallest absolute Gasteiger partial charge is 0.265 e. The van der Waals surface area contributed by atoms with Gasteiger partial charge in [0.1, 0.15) is 29.0 Å². The van der Waals surface area contributed by atoms with Crippen molar-refractivity contribution in [2.24, 2.45) is 5.41 Å². The maximum absolute atomic E-state index is 14.3. The number of carbonyl (C=O) groups is 3. The first-order valence-corrected chi connectivity index (χ1v) is 18.4. The van der Waals surface area contributed by atoms with Crippen LogP contribution in [0.4, 0.5) is 36.1 Å². The largest absolute Gasteiger partial charge is 0.388 e. The van der Waals surface area contributed by atoms with Gasteiger partial charge in [-0.1, -0.05) is 6.07 Å². The molecule has 3 aliphatic rings. The van der Waals surface area contributed by atoms with E-state index in [1.165, 1.54) is 23.1 Å². The number of carbonyl (C=O) groups excluding carboxylic acids is 3. The number of rotatable bonds is 6. The standard InChI is InChI=1S/C27H20F3N3O2S.C14H18N2O2/c1-31-18-8-5-15(6-9-18)27(35)33-12-11-16-13-23(26(34)32-24-20(29)3-2-4-21(24)30)36-25(16)19-10-7-17(28)14-22(19)33;1-11-2-3-12(8-17)13(15-11)16-9-14(10-16)4-6-18-7-5-14/h2-10,13-14,31H,11-12H2,1H3,(H,32,34);2-3,8H,4-7,9-10H2,1H3.